The lowest BCUT2D eigenvalue weighted by Crippen LogP contribution is -2.32. The summed E-state index contributed by atoms with van der Waals surface area (Å²) in [6.45, 7) is 7.16. The average molecular weight is 488 g/mol. The van der Waals surface area contributed by atoms with E-state index >= 15 is 0 Å². The first-order valence-electron chi connectivity index (χ1n) is 11.7. The summed E-state index contributed by atoms with van der Waals surface area (Å²) < 4.78 is 15.7. The number of rotatable bonds is 2. The number of nitrogens with one attached hydrogen (secondary N) is 1. The Morgan fingerprint density at radius 3 is 2.75 bits per heavy atom. The zero-order valence-corrected chi connectivity index (χ0v) is 21.3. The van der Waals surface area contributed by atoms with Crippen molar-refractivity contribution in [2.45, 2.75) is 33.4 Å². The van der Waals surface area contributed by atoms with Crippen molar-refractivity contribution < 1.29 is 9.47 Å². The molecule has 0 aromatic carbocycles. The summed E-state index contributed by atoms with van der Waals surface area (Å²) in [6.07, 6.45) is 3.81. The van der Waals surface area contributed by atoms with E-state index in [2.05, 4.69) is 25.3 Å². The van der Waals surface area contributed by atoms with E-state index in [1.807, 2.05) is 66.2 Å². The minimum absolute atomic E-state index is 0.0785. The van der Waals surface area contributed by atoms with E-state index in [-0.39, 0.29) is 12.7 Å². The molecule has 1 aliphatic rings. The molecule has 0 spiro atoms. The first-order chi connectivity index (χ1) is 17.3. The normalized spacial score (nSPS) is 17.1. The molecule has 11 nitrogen and oxygen atoms in total. The van der Waals surface area contributed by atoms with E-state index in [9.17, 15) is 0 Å². The van der Waals surface area contributed by atoms with Gasteiger partial charge < -0.3 is 9.47 Å². The smallest absolute Gasteiger partial charge is 0.241 e. The van der Waals surface area contributed by atoms with Gasteiger partial charge in [-0.1, -0.05) is 0 Å². The van der Waals surface area contributed by atoms with E-state index in [4.69, 9.17) is 19.7 Å². The Kier molecular flexibility index (Phi) is 5.97. The van der Waals surface area contributed by atoms with Crippen molar-refractivity contribution in [1.29, 1.82) is 5.26 Å². The number of likely N-dealkylation sites (N-methyl/N-ethyl adjacent to an activating group) is 1. The second-order valence-corrected chi connectivity index (χ2v) is 9.21. The van der Waals surface area contributed by atoms with Crippen molar-refractivity contribution >= 4 is 23.1 Å². The second-order valence-electron chi connectivity index (χ2n) is 9.21. The van der Waals surface area contributed by atoms with Crippen LogP contribution in [0, 0.1) is 25.2 Å². The molecule has 1 atom stereocenters. The van der Waals surface area contributed by atoms with Gasteiger partial charge in [0.15, 0.2) is 6.61 Å². The van der Waals surface area contributed by atoms with Gasteiger partial charge in [-0.25, -0.2) is 4.68 Å². The molecule has 0 fully saturated rings. The zero-order valence-electron chi connectivity index (χ0n) is 21.3. The van der Waals surface area contributed by atoms with Crippen LogP contribution in [0.1, 0.15) is 35.3 Å². The Morgan fingerprint density at radius 2 is 1.97 bits per heavy atom. The fraction of sp³-hybridized carbons (Fsp3) is 0.400. The van der Waals surface area contributed by atoms with Gasteiger partial charge in [0.05, 0.1) is 39.6 Å². The van der Waals surface area contributed by atoms with Gasteiger partial charge in [0.1, 0.15) is 17.7 Å². The van der Waals surface area contributed by atoms with Crippen LogP contribution in [-0.2, 0) is 20.6 Å². The number of aryl methyl sites for hydroxylation is 4. The lowest BCUT2D eigenvalue weighted by atomic mass is 10.1. The highest BCUT2D eigenvalue weighted by Gasteiger charge is 2.24. The van der Waals surface area contributed by atoms with Crippen LogP contribution in [-0.4, -0.2) is 65.9 Å². The van der Waals surface area contributed by atoms with Gasteiger partial charge in [-0.05, 0) is 46.0 Å². The number of nitrogens with zero attached hydrogens (tertiary/aromatic N) is 8. The molecule has 5 heterocycles. The molecule has 4 aromatic heterocycles. The molecule has 4 aromatic rings. The number of aromatic amines is 1. The molecule has 0 radical (unpaired) electrons. The highest BCUT2D eigenvalue weighted by molar-refractivity contribution is 5.93. The fourth-order valence-corrected chi connectivity index (χ4v) is 4.77. The van der Waals surface area contributed by atoms with Crippen LogP contribution >= 0.6 is 0 Å². The summed E-state index contributed by atoms with van der Waals surface area (Å²) in [5, 5.41) is 26.8. The first kappa shape index (κ1) is 23.6. The van der Waals surface area contributed by atoms with Crippen molar-refractivity contribution in [3.05, 3.63) is 34.4 Å². The van der Waals surface area contributed by atoms with E-state index in [0.717, 1.165) is 50.5 Å². The van der Waals surface area contributed by atoms with Crippen LogP contribution in [0.15, 0.2) is 6.07 Å². The van der Waals surface area contributed by atoms with E-state index in [1.165, 1.54) is 0 Å². The summed E-state index contributed by atoms with van der Waals surface area (Å²) in [5.41, 5.74) is 6.73. The monoisotopic (exact) mass is 487 g/mol. The van der Waals surface area contributed by atoms with Crippen LogP contribution in [0.25, 0.3) is 34.3 Å². The van der Waals surface area contributed by atoms with Crippen molar-refractivity contribution in [3.63, 3.8) is 0 Å². The van der Waals surface area contributed by atoms with Crippen LogP contribution in [0.3, 0.4) is 0 Å². The van der Waals surface area contributed by atoms with Crippen LogP contribution in [0.4, 0.5) is 0 Å². The SMILES string of the molecule is Cc1nn(C)c2c1-c1cc3c([nH]nc3c(C)n1)/C=C/c1c(OCC#N)nn(C)c1CN(C)C[C@H](C)O2. The van der Waals surface area contributed by atoms with Crippen molar-refractivity contribution in [2.24, 2.45) is 14.1 Å². The van der Waals surface area contributed by atoms with Gasteiger partial charge in [-0.3, -0.25) is 19.7 Å². The van der Waals surface area contributed by atoms with E-state index < -0.39 is 0 Å². The molecular formula is C25H29N9O2. The Bertz CT molecular complexity index is 1520. The molecule has 1 N–H and O–H groups in total. The number of H-pyrrole nitrogens is 1. The average Bonchev–Trinajstić information content (AvgIpc) is 3.44. The van der Waals surface area contributed by atoms with Crippen LogP contribution in [0.5, 0.6) is 11.8 Å². The number of pyridine rings is 1. The first-order valence-corrected chi connectivity index (χ1v) is 11.7. The Hall–Kier alpha value is -4.17. The molecule has 2 bridgehead atoms. The molecular weight excluding hydrogens is 458 g/mol. The van der Waals surface area contributed by atoms with Gasteiger partial charge in [0.2, 0.25) is 11.8 Å². The number of aromatic nitrogens is 7. The second kappa shape index (κ2) is 9.13. The highest BCUT2D eigenvalue weighted by Crippen LogP contribution is 2.35. The number of nitriles is 1. The molecule has 1 aliphatic heterocycles. The summed E-state index contributed by atoms with van der Waals surface area (Å²) >= 11 is 0. The topological polar surface area (TPSA) is 123 Å². The van der Waals surface area contributed by atoms with E-state index in [0.29, 0.717) is 24.8 Å². The fourth-order valence-electron chi connectivity index (χ4n) is 4.77. The Labute approximate surface area is 208 Å². The molecule has 186 valence electrons. The van der Waals surface area contributed by atoms with E-state index in [1.54, 1.807) is 9.36 Å². The molecule has 0 unspecified atom stereocenters. The Balaban J connectivity index is 1.73. The van der Waals surface area contributed by atoms with Gasteiger partial charge in [0, 0.05) is 32.6 Å². The lowest BCUT2D eigenvalue weighted by molar-refractivity contribution is 0.147. The maximum atomic E-state index is 9.04. The largest absolute Gasteiger partial charge is 0.473 e. The third-order valence-electron chi connectivity index (χ3n) is 6.34. The minimum atomic E-state index is -0.121. The summed E-state index contributed by atoms with van der Waals surface area (Å²) in [6, 6.07) is 4.05. The third kappa shape index (κ3) is 4.09. The lowest BCUT2D eigenvalue weighted by Gasteiger charge is -2.23. The number of ether oxygens (including phenoxy) is 2. The highest BCUT2D eigenvalue weighted by atomic mass is 16.5. The predicted octanol–water partition coefficient (Wildman–Crippen LogP) is 2.99. The van der Waals surface area contributed by atoms with Crippen molar-refractivity contribution in [2.75, 3.05) is 20.2 Å². The van der Waals surface area contributed by atoms with Crippen molar-refractivity contribution in [1.82, 2.24) is 39.6 Å². The van der Waals surface area contributed by atoms with Crippen LogP contribution in [0.2, 0.25) is 0 Å². The molecule has 0 amide bonds. The summed E-state index contributed by atoms with van der Waals surface area (Å²) in [5.74, 6) is 1.10. The number of hydrogen-bond acceptors (Lipinski definition) is 8. The molecule has 36 heavy (non-hydrogen) atoms. The van der Waals surface area contributed by atoms with Gasteiger partial charge in [-0.2, -0.15) is 15.5 Å². The maximum absolute atomic E-state index is 9.04. The van der Waals surface area contributed by atoms with Gasteiger partial charge >= 0.3 is 0 Å². The summed E-state index contributed by atoms with van der Waals surface area (Å²) in [7, 11) is 5.81. The number of hydrogen-bond donors (Lipinski definition) is 1. The number of fused-ring (bicyclic) bond motifs is 4. The zero-order chi connectivity index (χ0) is 25.6. The molecule has 11 heteroatoms. The van der Waals surface area contributed by atoms with Gasteiger partial charge in [0.25, 0.3) is 0 Å². The predicted molar refractivity (Wildman–Crippen MR) is 135 cm³/mol. The van der Waals surface area contributed by atoms with Crippen LogP contribution < -0.4 is 9.47 Å². The standard InChI is InChI=1S/C25H29N9O2/c1-14-12-32(4)13-21-17(24(31-33(21)5)35-10-9-26)7-8-19-18-11-20(27-16(3)23(18)29-28-19)22-15(2)30-34(6)25(22)36-14/h7-8,11,14H,10,12-13H2,1-6H3,(H,28,29)/b8-7+/t14-/m0/s1. The minimum Gasteiger partial charge on any atom is -0.473 e. The molecule has 5 rings (SSSR count). The molecule has 0 saturated heterocycles. The maximum Gasteiger partial charge on any atom is 0.241 e. The third-order valence-corrected chi connectivity index (χ3v) is 6.34. The quantitative estimate of drug-likeness (QED) is 0.458. The molecule has 0 aliphatic carbocycles. The Morgan fingerprint density at radius 1 is 1.17 bits per heavy atom. The van der Waals surface area contributed by atoms with Crippen molar-refractivity contribution in [3.8, 4) is 29.1 Å². The van der Waals surface area contributed by atoms with Gasteiger partial charge in [-0.15, -0.1) is 5.10 Å². The summed E-state index contributed by atoms with van der Waals surface area (Å²) in [4.78, 5) is 7.03. The molecule has 0 saturated carbocycles.